The monoisotopic (exact) mass is 337 g/mol. The molecular weight excluding hydrogens is 322 g/mol. The summed E-state index contributed by atoms with van der Waals surface area (Å²) in [5.74, 6) is 0. The molecule has 0 radical (unpaired) electrons. The topological polar surface area (TPSA) is 3.24 Å². The van der Waals surface area contributed by atoms with Crippen LogP contribution in [0.25, 0.3) is 0 Å². The molecule has 21 heavy (non-hydrogen) atoms. The van der Waals surface area contributed by atoms with Gasteiger partial charge in [-0.25, -0.2) is 0 Å². The number of rotatable bonds is 3. The lowest BCUT2D eigenvalue weighted by molar-refractivity contribution is 1.25. The van der Waals surface area contributed by atoms with Gasteiger partial charge in [-0.05, 0) is 55.0 Å². The highest BCUT2D eigenvalue weighted by Crippen LogP contribution is 2.36. The summed E-state index contributed by atoms with van der Waals surface area (Å²) in [5.41, 5.74) is 4.77. The van der Waals surface area contributed by atoms with Crippen LogP contribution in [0.15, 0.2) is 83.3 Å². The van der Waals surface area contributed by atoms with Gasteiger partial charge in [0.2, 0.25) is 0 Å². The van der Waals surface area contributed by atoms with Gasteiger partial charge in [0.1, 0.15) is 0 Å². The maximum absolute atomic E-state index is 3.50. The molecule has 0 aromatic heterocycles. The fourth-order valence-electron chi connectivity index (χ4n) is 2.41. The summed E-state index contributed by atoms with van der Waals surface area (Å²) in [7, 11) is 0. The van der Waals surface area contributed by atoms with Crippen LogP contribution in [0.3, 0.4) is 0 Å². The van der Waals surface area contributed by atoms with Crippen molar-refractivity contribution in [1.29, 1.82) is 0 Å². The third-order valence-electron chi connectivity index (χ3n) is 3.46. The lowest BCUT2D eigenvalue weighted by Crippen LogP contribution is -2.10. The molecule has 0 aliphatic rings. The molecule has 0 bridgehead atoms. The van der Waals surface area contributed by atoms with E-state index in [1.54, 1.807) is 0 Å². The molecule has 0 saturated heterocycles. The van der Waals surface area contributed by atoms with Gasteiger partial charge in [0.05, 0.1) is 0 Å². The predicted octanol–water partition coefficient (Wildman–Crippen LogP) is 6.23. The standard InChI is InChI=1S/C19H16BrN/c1-15-7-5-6-10-19(15)21(17-8-3-2-4-9-17)18-13-11-16(20)12-14-18/h2-14H,1H3. The van der Waals surface area contributed by atoms with Crippen LogP contribution < -0.4 is 4.90 Å². The molecule has 1 nitrogen and oxygen atoms in total. The third-order valence-corrected chi connectivity index (χ3v) is 3.98. The van der Waals surface area contributed by atoms with Crippen LogP contribution in [0.2, 0.25) is 0 Å². The lowest BCUT2D eigenvalue weighted by Gasteiger charge is -2.27. The first-order valence-corrected chi connectivity index (χ1v) is 7.71. The highest BCUT2D eigenvalue weighted by atomic mass is 79.9. The first-order valence-electron chi connectivity index (χ1n) is 6.92. The van der Waals surface area contributed by atoms with E-state index in [0.29, 0.717) is 0 Å². The molecule has 0 aliphatic carbocycles. The van der Waals surface area contributed by atoms with Gasteiger partial charge in [0, 0.05) is 21.5 Å². The van der Waals surface area contributed by atoms with Crippen LogP contribution in [0.4, 0.5) is 17.1 Å². The molecule has 0 heterocycles. The second-order valence-electron chi connectivity index (χ2n) is 4.93. The molecule has 0 fully saturated rings. The average Bonchev–Trinajstić information content (AvgIpc) is 2.52. The van der Waals surface area contributed by atoms with E-state index in [9.17, 15) is 0 Å². The Kier molecular flexibility index (Phi) is 4.07. The summed E-state index contributed by atoms with van der Waals surface area (Å²) in [6.45, 7) is 2.14. The Morgan fingerprint density at radius 2 is 1.24 bits per heavy atom. The average molecular weight is 338 g/mol. The van der Waals surface area contributed by atoms with Crippen LogP contribution in [-0.4, -0.2) is 0 Å². The van der Waals surface area contributed by atoms with Gasteiger partial charge >= 0.3 is 0 Å². The highest BCUT2D eigenvalue weighted by Gasteiger charge is 2.13. The minimum atomic E-state index is 1.09. The van der Waals surface area contributed by atoms with Gasteiger partial charge in [0.25, 0.3) is 0 Å². The minimum absolute atomic E-state index is 1.09. The third kappa shape index (κ3) is 3.01. The Hall–Kier alpha value is -2.06. The maximum atomic E-state index is 3.50. The number of halogens is 1. The van der Waals surface area contributed by atoms with Gasteiger partial charge in [-0.1, -0.05) is 52.3 Å². The second kappa shape index (κ2) is 6.15. The number of aryl methyl sites for hydroxylation is 1. The van der Waals surface area contributed by atoms with Gasteiger partial charge in [-0.2, -0.15) is 0 Å². The summed E-state index contributed by atoms with van der Waals surface area (Å²) in [6, 6.07) is 27.3. The predicted molar refractivity (Wildman–Crippen MR) is 93.6 cm³/mol. The Labute approximate surface area is 134 Å². The van der Waals surface area contributed by atoms with E-state index in [1.165, 1.54) is 11.3 Å². The largest absolute Gasteiger partial charge is 0.310 e. The van der Waals surface area contributed by atoms with E-state index in [4.69, 9.17) is 0 Å². The quantitative estimate of drug-likeness (QED) is 0.547. The molecule has 3 aromatic carbocycles. The number of hydrogen-bond donors (Lipinski definition) is 0. The fourth-order valence-corrected chi connectivity index (χ4v) is 2.67. The zero-order valence-corrected chi connectivity index (χ0v) is 13.4. The summed E-state index contributed by atoms with van der Waals surface area (Å²) >= 11 is 3.50. The zero-order valence-electron chi connectivity index (χ0n) is 11.8. The number of para-hydroxylation sites is 2. The maximum Gasteiger partial charge on any atom is 0.0490 e. The van der Waals surface area contributed by atoms with E-state index in [-0.39, 0.29) is 0 Å². The van der Waals surface area contributed by atoms with Crippen molar-refractivity contribution in [1.82, 2.24) is 0 Å². The lowest BCUT2D eigenvalue weighted by atomic mass is 10.1. The highest BCUT2D eigenvalue weighted by molar-refractivity contribution is 9.10. The molecular formula is C19H16BrN. The summed E-state index contributed by atoms with van der Waals surface area (Å²) in [5, 5.41) is 0. The molecule has 3 rings (SSSR count). The van der Waals surface area contributed by atoms with E-state index in [1.807, 2.05) is 6.07 Å². The molecule has 0 unspecified atom stereocenters. The van der Waals surface area contributed by atoms with E-state index >= 15 is 0 Å². The van der Waals surface area contributed by atoms with Gasteiger partial charge in [-0.3, -0.25) is 0 Å². The van der Waals surface area contributed by atoms with Crippen LogP contribution in [0.1, 0.15) is 5.56 Å². The first kappa shape index (κ1) is 13.9. The fraction of sp³-hybridized carbons (Fsp3) is 0.0526. The van der Waals surface area contributed by atoms with Gasteiger partial charge in [-0.15, -0.1) is 0 Å². The van der Waals surface area contributed by atoms with Crippen LogP contribution in [-0.2, 0) is 0 Å². The van der Waals surface area contributed by atoms with E-state index < -0.39 is 0 Å². The molecule has 0 atom stereocenters. The first-order chi connectivity index (χ1) is 10.3. The normalized spacial score (nSPS) is 10.4. The molecule has 2 heteroatoms. The van der Waals surface area contributed by atoms with Gasteiger partial charge in [0.15, 0.2) is 0 Å². The molecule has 0 aliphatic heterocycles. The molecule has 3 aromatic rings. The van der Waals surface area contributed by atoms with Crippen molar-refractivity contribution in [3.63, 3.8) is 0 Å². The van der Waals surface area contributed by atoms with Crippen molar-refractivity contribution < 1.29 is 0 Å². The van der Waals surface area contributed by atoms with Crippen LogP contribution in [0, 0.1) is 6.92 Å². The number of nitrogens with zero attached hydrogens (tertiary/aromatic N) is 1. The van der Waals surface area contributed by atoms with E-state index in [2.05, 4.69) is 101 Å². The Morgan fingerprint density at radius 1 is 0.667 bits per heavy atom. The minimum Gasteiger partial charge on any atom is -0.310 e. The van der Waals surface area contributed by atoms with E-state index in [0.717, 1.165) is 15.8 Å². The number of anilines is 3. The zero-order chi connectivity index (χ0) is 14.7. The van der Waals surface area contributed by atoms with Crippen molar-refractivity contribution in [2.45, 2.75) is 6.92 Å². The molecule has 104 valence electrons. The van der Waals surface area contributed by atoms with Crippen molar-refractivity contribution in [2.24, 2.45) is 0 Å². The molecule has 0 spiro atoms. The summed E-state index contributed by atoms with van der Waals surface area (Å²) in [6.07, 6.45) is 0. The summed E-state index contributed by atoms with van der Waals surface area (Å²) in [4.78, 5) is 2.28. The van der Waals surface area contributed by atoms with Crippen molar-refractivity contribution in [3.8, 4) is 0 Å². The molecule has 0 saturated carbocycles. The summed E-state index contributed by atoms with van der Waals surface area (Å²) < 4.78 is 1.09. The van der Waals surface area contributed by atoms with Crippen molar-refractivity contribution >= 4 is 33.0 Å². The van der Waals surface area contributed by atoms with Crippen LogP contribution >= 0.6 is 15.9 Å². The SMILES string of the molecule is Cc1ccccc1N(c1ccccc1)c1ccc(Br)cc1. The van der Waals surface area contributed by atoms with Crippen LogP contribution in [0.5, 0.6) is 0 Å². The molecule has 0 amide bonds. The Morgan fingerprint density at radius 3 is 1.90 bits per heavy atom. The smallest absolute Gasteiger partial charge is 0.0490 e. The number of hydrogen-bond acceptors (Lipinski definition) is 1. The number of benzene rings is 3. The Balaban J connectivity index is 2.16. The Bertz CT molecular complexity index is 720. The molecule has 0 N–H and O–H groups in total. The second-order valence-corrected chi connectivity index (χ2v) is 5.85. The van der Waals surface area contributed by atoms with Crippen molar-refractivity contribution in [2.75, 3.05) is 4.90 Å². The van der Waals surface area contributed by atoms with Gasteiger partial charge < -0.3 is 4.90 Å². The van der Waals surface area contributed by atoms with Crippen molar-refractivity contribution in [3.05, 3.63) is 88.9 Å².